The zero-order chi connectivity index (χ0) is 23.4. The van der Waals surface area contributed by atoms with Crippen LogP contribution < -0.4 is 16.0 Å². The van der Waals surface area contributed by atoms with Gasteiger partial charge in [0.05, 0.1) is 17.5 Å². The third-order valence-corrected chi connectivity index (χ3v) is 6.52. The molecule has 2 aromatic carbocycles. The minimum atomic E-state index is -0.451. The van der Waals surface area contributed by atoms with Crippen molar-refractivity contribution in [3.8, 4) is 5.75 Å². The van der Waals surface area contributed by atoms with E-state index in [1.165, 1.54) is 5.56 Å². The number of carbonyl (C=O) groups is 1. The molecular weight excluding hydrogens is 418 g/mol. The summed E-state index contributed by atoms with van der Waals surface area (Å²) in [5.74, 6) is 1.45. The van der Waals surface area contributed by atoms with Crippen molar-refractivity contribution >= 4 is 16.8 Å². The van der Waals surface area contributed by atoms with Gasteiger partial charge < -0.3 is 14.6 Å². The second-order valence-corrected chi connectivity index (χ2v) is 8.59. The fraction of sp³-hybridized carbons (Fsp3) is 0.423. The van der Waals surface area contributed by atoms with E-state index < -0.39 is 5.69 Å². The topological polar surface area (TPSA) is 84.4 Å². The predicted molar refractivity (Wildman–Crippen MR) is 129 cm³/mol. The average Bonchev–Trinajstić information content (AvgIpc) is 2.83. The molecule has 3 aromatic rings. The molecule has 1 N–H and O–H groups in total. The molecule has 1 fully saturated rings. The largest absolute Gasteiger partial charge is 0.494 e. The lowest BCUT2D eigenvalue weighted by Crippen LogP contribution is -2.38. The SMILES string of the molecule is CCOc1ccc(CCC2CCN(C(=O)c3ccc4c(=O)n(CC)c(=O)[nH]c4c3)CC2)cc1. The molecule has 1 saturated heterocycles. The van der Waals surface area contributed by atoms with Crippen LogP contribution in [0.2, 0.25) is 0 Å². The summed E-state index contributed by atoms with van der Waals surface area (Å²) in [6, 6.07) is 13.2. The number of amides is 1. The van der Waals surface area contributed by atoms with Crippen molar-refractivity contribution in [1.29, 1.82) is 0 Å². The first kappa shape index (κ1) is 22.8. The smallest absolute Gasteiger partial charge is 0.328 e. The standard InChI is InChI=1S/C26H31N3O4/c1-3-29-25(31)22-12-9-20(17-23(22)27-26(29)32)24(30)28-15-13-19(14-16-28)6-5-18-7-10-21(11-8-18)33-4-2/h7-12,17,19H,3-6,13-16H2,1-2H3,(H,27,32). The van der Waals surface area contributed by atoms with E-state index >= 15 is 0 Å². The minimum absolute atomic E-state index is 0.0533. The Kier molecular flexibility index (Phi) is 6.96. The first-order chi connectivity index (χ1) is 16.0. The molecule has 4 rings (SSSR count). The monoisotopic (exact) mass is 449 g/mol. The molecule has 33 heavy (non-hydrogen) atoms. The third-order valence-electron chi connectivity index (χ3n) is 6.52. The molecule has 174 valence electrons. The maximum atomic E-state index is 13.0. The molecule has 1 aliphatic heterocycles. The molecule has 2 heterocycles. The van der Waals surface area contributed by atoms with Gasteiger partial charge in [-0.25, -0.2) is 4.79 Å². The number of hydrogen-bond donors (Lipinski definition) is 1. The molecule has 0 unspecified atom stereocenters. The third kappa shape index (κ3) is 5.02. The fourth-order valence-electron chi connectivity index (χ4n) is 4.57. The fourth-order valence-corrected chi connectivity index (χ4v) is 4.57. The van der Waals surface area contributed by atoms with Crippen molar-refractivity contribution in [2.24, 2.45) is 5.92 Å². The molecule has 0 radical (unpaired) electrons. The molecule has 7 nitrogen and oxygen atoms in total. The van der Waals surface area contributed by atoms with Crippen molar-refractivity contribution in [3.05, 3.63) is 74.4 Å². The van der Waals surface area contributed by atoms with E-state index in [0.717, 1.165) is 49.1 Å². The lowest BCUT2D eigenvalue weighted by Gasteiger charge is -2.32. The molecular formula is C26H31N3O4. The average molecular weight is 450 g/mol. The number of likely N-dealkylation sites (tertiary alicyclic amines) is 1. The van der Waals surface area contributed by atoms with Gasteiger partial charge in [-0.3, -0.25) is 14.2 Å². The summed E-state index contributed by atoms with van der Waals surface area (Å²) in [4.78, 5) is 42.2. The zero-order valence-corrected chi connectivity index (χ0v) is 19.3. The van der Waals surface area contributed by atoms with E-state index in [2.05, 4.69) is 17.1 Å². The molecule has 0 bridgehead atoms. The van der Waals surface area contributed by atoms with Crippen LogP contribution >= 0.6 is 0 Å². The number of benzene rings is 2. The van der Waals surface area contributed by atoms with E-state index in [9.17, 15) is 14.4 Å². The Morgan fingerprint density at radius 3 is 2.45 bits per heavy atom. The Morgan fingerprint density at radius 2 is 1.79 bits per heavy atom. The lowest BCUT2D eigenvalue weighted by molar-refractivity contribution is 0.0687. The lowest BCUT2D eigenvalue weighted by atomic mass is 9.90. The van der Waals surface area contributed by atoms with E-state index in [4.69, 9.17) is 4.74 Å². The highest BCUT2D eigenvalue weighted by Crippen LogP contribution is 2.24. The predicted octanol–water partition coefficient (Wildman–Crippen LogP) is 3.59. The molecule has 1 aliphatic rings. The Bertz CT molecular complexity index is 1240. The number of ether oxygens (including phenoxy) is 1. The minimum Gasteiger partial charge on any atom is -0.494 e. The number of aryl methyl sites for hydroxylation is 1. The Labute approximate surface area is 193 Å². The maximum absolute atomic E-state index is 13.0. The van der Waals surface area contributed by atoms with Crippen LogP contribution in [0.1, 0.15) is 49.0 Å². The number of aromatic nitrogens is 2. The number of carbonyl (C=O) groups excluding carboxylic acids is 1. The Morgan fingerprint density at radius 1 is 1.06 bits per heavy atom. The highest BCUT2D eigenvalue weighted by Gasteiger charge is 2.24. The van der Waals surface area contributed by atoms with Gasteiger partial charge >= 0.3 is 5.69 Å². The summed E-state index contributed by atoms with van der Waals surface area (Å²) < 4.78 is 6.65. The van der Waals surface area contributed by atoms with E-state index in [0.29, 0.717) is 35.5 Å². The normalized spacial score (nSPS) is 14.5. The number of nitrogens with zero attached hydrogens (tertiary/aromatic N) is 2. The molecule has 7 heteroatoms. The van der Waals surface area contributed by atoms with Gasteiger partial charge in [0, 0.05) is 25.2 Å². The zero-order valence-electron chi connectivity index (χ0n) is 19.3. The second-order valence-electron chi connectivity index (χ2n) is 8.59. The van der Waals surface area contributed by atoms with Crippen molar-refractivity contribution in [1.82, 2.24) is 14.5 Å². The van der Waals surface area contributed by atoms with Gasteiger partial charge in [0.2, 0.25) is 0 Å². The number of fused-ring (bicyclic) bond motifs is 1. The number of nitrogens with one attached hydrogen (secondary N) is 1. The molecule has 1 amide bonds. The molecule has 0 saturated carbocycles. The van der Waals surface area contributed by atoms with Crippen LogP contribution in [0.3, 0.4) is 0 Å². The van der Waals surface area contributed by atoms with Crippen molar-refractivity contribution in [3.63, 3.8) is 0 Å². The summed E-state index contributed by atoms with van der Waals surface area (Å²) >= 11 is 0. The van der Waals surface area contributed by atoms with Crippen LogP contribution in [-0.2, 0) is 13.0 Å². The van der Waals surface area contributed by atoms with Crippen LogP contribution in [0.4, 0.5) is 0 Å². The molecule has 1 aromatic heterocycles. The first-order valence-corrected chi connectivity index (χ1v) is 11.8. The van der Waals surface area contributed by atoms with E-state index in [1.54, 1.807) is 25.1 Å². The quantitative estimate of drug-likeness (QED) is 0.597. The second kappa shape index (κ2) is 10.1. The summed E-state index contributed by atoms with van der Waals surface area (Å²) in [6.45, 7) is 6.15. The Balaban J connectivity index is 1.35. The number of hydrogen-bond acceptors (Lipinski definition) is 4. The van der Waals surface area contributed by atoms with Crippen LogP contribution in [0.15, 0.2) is 52.1 Å². The van der Waals surface area contributed by atoms with Gasteiger partial charge in [-0.15, -0.1) is 0 Å². The number of piperidine rings is 1. The molecule has 0 atom stereocenters. The van der Waals surface area contributed by atoms with Crippen molar-refractivity contribution in [2.45, 2.75) is 46.1 Å². The van der Waals surface area contributed by atoms with Crippen LogP contribution in [-0.4, -0.2) is 40.1 Å². The summed E-state index contributed by atoms with van der Waals surface area (Å²) in [5, 5.41) is 0.418. The Hall–Kier alpha value is -3.35. The van der Waals surface area contributed by atoms with Crippen LogP contribution in [0.25, 0.3) is 10.9 Å². The van der Waals surface area contributed by atoms with Gasteiger partial charge in [0.25, 0.3) is 11.5 Å². The number of H-pyrrole nitrogens is 1. The number of aromatic amines is 1. The highest BCUT2D eigenvalue weighted by atomic mass is 16.5. The molecule has 0 aliphatic carbocycles. The van der Waals surface area contributed by atoms with Crippen molar-refractivity contribution in [2.75, 3.05) is 19.7 Å². The van der Waals surface area contributed by atoms with Gasteiger partial charge in [-0.05, 0) is 81.3 Å². The molecule has 0 spiro atoms. The van der Waals surface area contributed by atoms with Crippen molar-refractivity contribution < 1.29 is 9.53 Å². The van der Waals surface area contributed by atoms with Gasteiger partial charge in [0.15, 0.2) is 0 Å². The van der Waals surface area contributed by atoms with Crippen LogP contribution in [0.5, 0.6) is 5.75 Å². The summed E-state index contributed by atoms with van der Waals surface area (Å²) in [5.41, 5.74) is 1.44. The maximum Gasteiger partial charge on any atom is 0.328 e. The van der Waals surface area contributed by atoms with E-state index in [-0.39, 0.29) is 11.5 Å². The van der Waals surface area contributed by atoms with Gasteiger partial charge in [-0.2, -0.15) is 0 Å². The van der Waals surface area contributed by atoms with Gasteiger partial charge in [-0.1, -0.05) is 12.1 Å². The summed E-state index contributed by atoms with van der Waals surface area (Å²) in [7, 11) is 0. The first-order valence-electron chi connectivity index (χ1n) is 11.8. The van der Waals surface area contributed by atoms with Crippen LogP contribution in [0, 0.1) is 5.92 Å². The van der Waals surface area contributed by atoms with E-state index in [1.807, 2.05) is 24.0 Å². The number of rotatable bonds is 7. The van der Waals surface area contributed by atoms with Gasteiger partial charge in [0.1, 0.15) is 5.75 Å². The highest BCUT2D eigenvalue weighted by molar-refractivity contribution is 5.97. The summed E-state index contributed by atoms with van der Waals surface area (Å²) in [6.07, 6.45) is 4.10.